The zero-order valence-corrected chi connectivity index (χ0v) is 26.3. The van der Waals surface area contributed by atoms with Crippen LogP contribution < -0.4 is 0 Å². The van der Waals surface area contributed by atoms with E-state index in [1.165, 1.54) is 38.4 Å². The van der Waals surface area contributed by atoms with Crippen LogP contribution in [0.25, 0.3) is 77.8 Å². The van der Waals surface area contributed by atoms with Gasteiger partial charge in [-0.2, -0.15) is 0 Å². The maximum Gasteiger partial charge on any atom is 0.160 e. The number of benzene rings is 6. The van der Waals surface area contributed by atoms with Gasteiger partial charge in [-0.15, -0.1) is 0 Å². The van der Waals surface area contributed by atoms with Gasteiger partial charge in [0.2, 0.25) is 0 Å². The summed E-state index contributed by atoms with van der Waals surface area (Å²) in [5.74, 6) is 0.720. The molecule has 0 saturated carbocycles. The van der Waals surface area contributed by atoms with Crippen molar-refractivity contribution in [1.29, 1.82) is 0 Å². The molecule has 0 spiro atoms. The lowest BCUT2D eigenvalue weighted by Gasteiger charge is -2.22. The molecule has 2 aromatic heterocycles. The summed E-state index contributed by atoms with van der Waals surface area (Å²) in [5.41, 5.74) is 12.2. The first-order chi connectivity index (χ1) is 23.0. The lowest BCUT2D eigenvalue weighted by atomic mass is 9.81. The summed E-state index contributed by atoms with van der Waals surface area (Å²) in [7, 11) is 0. The Morgan fingerprint density at radius 1 is 0.426 bits per heavy atom. The predicted octanol–water partition coefficient (Wildman–Crippen LogP) is 11.2. The van der Waals surface area contributed by atoms with Gasteiger partial charge in [-0.3, -0.25) is 4.98 Å². The van der Waals surface area contributed by atoms with E-state index in [2.05, 4.69) is 128 Å². The lowest BCUT2D eigenvalue weighted by molar-refractivity contribution is 0.661. The van der Waals surface area contributed by atoms with Crippen molar-refractivity contribution >= 4 is 21.5 Å². The van der Waals surface area contributed by atoms with Crippen molar-refractivity contribution < 1.29 is 0 Å². The zero-order valence-electron chi connectivity index (χ0n) is 26.3. The number of rotatable bonds is 4. The average molecular weight is 602 g/mol. The molecular formula is C44H31N3. The number of hydrogen-bond acceptors (Lipinski definition) is 3. The molecule has 3 nitrogen and oxygen atoms in total. The average Bonchev–Trinajstić information content (AvgIpc) is 3.36. The maximum absolute atomic E-state index is 5.25. The van der Waals surface area contributed by atoms with E-state index in [-0.39, 0.29) is 5.41 Å². The van der Waals surface area contributed by atoms with Crippen molar-refractivity contribution in [3.63, 3.8) is 0 Å². The van der Waals surface area contributed by atoms with Crippen LogP contribution in [0, 0.1) is 0 Å². The molecule has 0 N–H and O–H groups in total. The summed E-state index contributed by atoms with van der Waals surface area (Å²) < 4.78 is 0. The summed E-state index contributed by atoms with van der Waals surface area (Å²) >= 11 is 0. The minimum absolute atomic E-state index is 0.130. The van der Waals surface area contributed by atoms with E-state index in [1.54, 1.807) is 0 Å². The molecule has 0 saturated heterocycles. The van der Waals surface area contributed by atoms with E-state index in [4.69, 9.17) is 9.97 Å². The van der Waals surface area contributed by atoms with Crippen LogP contribution in [-0.2, 0) is 5.41 Å². The van der Waals surface area contributed by atoms with E-state index in [9.17, 15) is 0 Å². The summed E-state index contributed by atoms with van der Waals surface area (Å²) in [4.78, 5) is 15.0. The zero-order chi connectivity index (χ0) is 31.5. The molecule has 2 heterocycles. The van der Waals surface area contributed by atoms with Gasteiger partial charge in [-0.05, 0) is 86.3 Å². The van der Waals surface area contributed by atoms with Gasteiger partial charge in [0, 0.05) is 33.9 Å². The second-order valence-corrected chi connectivity index (χ2v) is 12.9. The van der Waals surface area contributed by atoms with E-state index >= 15 is 0 Å². The fraction of sp³-hybridized carbons (Fsp3) is 0.0682. The normalized spacial score (nSPS) is 13.1. The molecule has 0 radical (unpaired) electrons. The minimum Gasteiger partial charge on any atom is -0.256 e. The Kier molecular flexibility index (Phi) is 6.16. The maximum atomic E-state index is 5.25. The van der Waals surface area contributed by atoms with Crippen LogP contribution in [0.1, 0.15) is 25.0 Å². The minimum atomic E-state index is -0.130. The van der Waals surface area contributed by atoms with Crippen LogP contribution in [0.4, 0.5) is 0 Å². The Morgan fingerprint density at radius 3 is 1.83 bits per heavy atom. The Bertz CT molecular complexity index is 2480. The molecule has 0 amide bonds. The fourth-order valence-corrected chi connectivity index (χ4v) is 7.23. The summed E-state index contributed by atoms with van der Waals surface area (Å²) in [6, 6.07) is 51.7. The molecule has 0 atom stereocenters. The van der Waals surface area contributed by atoms with Gasteiger partial charge in [0.25, 0.3) is 0 Å². The Hall–Kier alpha value is -5.93. The number of pyridine rings is 1. The second kappa shape index (κ2) is 10.6. The molecule has 0 unspecified atom stereocenters. The van der Waals surface area contributed by atoms with Crippen LogP contribution in [-0.4, -0.2) is 15.0 Å². The van der Waals surface area contributed by atoms with Crippen molar-refractivity contribution in [2.75, 3.05) is 0 Å². The van der Waals surface area contributed by atoms with E-state index in [0.29, 0.717) is 0 Å². The first-order valence-electron chi connectivity index (χ1n) is 16.1. The van der Waals surface area contributed by atoms with Crippen LogP contribution in [0.3, 0.4) is 0 Å². The SMILES string of the molecule is CC1(C)c2cc3ccccc3cc2-c2c(-c3cc(-c4ccc5cc(-c6ccccn6)ccc5c4)nc(-c4ccccc4)n3)cccc21. The van der Waals surface area contributed by atoms with Crippen LogP contribution in [0.15, 0.2) is 152 Å². The first-order valence-corrected chi connectivity index (χ1v) is 16.1. The molecule has 1 aliphatic carbocycles. The van der Waals surface area contributed by atoms with Crippen molar-refractivity contribution in [2.24, 2.45) is 0 Å². The molecule has 0 aliphatic heterocycles. The molecule has 8 aromatic rings. The third kappa shape index (κ3) is 4.54. The third-order valence-electron chi connectivity index (χ3n) is 9.70. The molecule has 0 bridgehead atoms. The molecule has 3 heteroatoms. The number of hydrogen-bond donors (Lipinski definition) is 0. The standard InChI is InChI=1S/C44H31N3/c1-44(2)37-16-10-15-35(42(37)36-25-29-13-6-7-14-30(29)26-38(36)44)41-27-40(46-43(47-41)28-11-4-3-5-12-28)34-21-19-31-23-33(20-18-32(31)24-34)39-17-8-9-22-45-39/h3-27H,1-2H3. The van der Waals surface area contributed by atoms with Gasteiger partial charge < -0.3 is 0 Å². The van der Waals surface area contributed by atoms with Gasteiger partial charge in [-0.1, -0.05) is 117 Å². The van der Waals surface area contributed by atoms with Crippen molar-refractivity contribution in [1.82, 2.24) is 15.0 Å². The molecular weight excluding hydrogens is 571 g/mol. The number of nitrogens with zero attached hydrogens (tertiary/aromatic N) is 3. The molecule has 9 rings (SSSR count). The van der Waals surface area contributed by atoms with E-state index in [1.807, 2.05) is 42.6 Å². The largest absolute Gasteiger partial charge is 0.256 e. The van der Waals surface area contributed by atoms with Crippen LogP contribution in [0.2, 0.25) is 0 Å². The van der Waals surface area contributed by atoms with Crippen molar-refractivity contribution in [3.8, 4) is 56.3 Å². The molecule has 0 fully saturated rings. The van der Waals surface area contributed by atoms with E-state index < -0.39 is 0 Å². The van der Waals surface area contributed by atoms with Gasteiger partial charge in [0.15, 0.2) is 5.82 Å². The summed E-state index contributed by atoms with van der Waals surface area (Å²) in [5, 5.41) is 4.85. The summed E-state index contributed by atoms with van der Waals surface area (Å²) in [6.07, 6.45) is 1.84. The van der Waals surface area contributed by atoms with E-state index in [0.717, 1.165) is 50.5 Å². The van der Waals surface area contributed by atoms with Crippen molar-refractivity contribution in [2.45, 2.75) is 19.3 Å². The first kappa shape index (κ1) is 27.4. The topological polar surface area (TPSA) is 38.7 Å². The quantitative estimate of drug-likeness (QED) is 0.201. The third-order valence-corrected chi connectivity index (χ3v) is 9.70. The van der Waals surface area contributed by atoms with Gasteiger partial charge in [0.05, 0.1) is 17.1 Å². The number of aromatic nitrogens is 3. The van der Waals surface area contributed by atoms with Crippen molar-refractivity contribution in [3.05, 3.63) is 163 Å². The lowest BCUT2D eigenvalue weighted by Crippen LogP contribution is -2.14. The molecule has 47 heavy (non-hydrogen) atoms. The van der Waals surface area contributed by atoms with Crippen LogP contribution in [0.5, 0.6) is 0 Å². The van der Waals surface area contributed by atoms with Gasteiger partial charge in [0.1, 0.15) is 0 Å². The van der Waals surface area contributed by atoms with Crippen LogP contribution >= 0.6 is 0 Å². The monoisotopic (exact) mass is 601 g/mol. The molecule has 222 valence electrons. The summed E-state index contributed by atoms with van der Waals surface area (Å²) in [6.45, 7) is 4.68. The highest BCUT2D eigenvalue weighted by molar-refractivity contribution is 5.98. The highest BCUT2D eigenvalue weighted by Gasteiger charge is 2.37. The number of fused-ring (bicyclic) bond motifs is 5. The Morgan fingerprint density at radius 2 is 1.09 bits per heavy atom. The Balaban J connectivity index is 1.23. The molecule has 6 aromatic carbocycles. The highest BCUT2D eigenvalue weighted by atomic mass is 14.9. The molecule has 1 aliphatic rings. The fourth-order valence-electron chi connectivity index (χ4n) is 7.23. The second-order valence-electron chi connectivity index (χ2n) is 12.9. The smallest absolute Gasteiger partial charge is 0.160 e. The van der Waals surface area contributed by atoms with Gasteiger partial charge in [-0.25, -0.2) is 9.97 Å². The van der Waals surface area contributed by atoms with Gasteiger partial charge >= 0.3 is 0 Å². The highest BCUT2D eigenvalue weighted by Crippen LogP contribution is 2.53. The predicted molar refractivity (Wildman–Crippen MR) is 194 cm³/mol. The Labute approximate surface area is 274 Å².